The number of pyridine rings is 1. The summed E-state index contributed by atoms with van der Waals surface area (Å²) in [5.41, 5.74) is 1.73. The zero-order chi connectivity index (χ0) is 10.8. The lowest BCUT2D eigenvalue weighted by Crippen LogP contribution is -1.79. The van der Waals surface area contributed by atoms with Gasteiger partial charge in [0.2, 0.25) is 0 Å². The molecule has 0 aliphatic heterocycles. The molecule has 0 radical (unpaired) electrons. The summed E-state index contributed by atoms with van der Waals surface area (Å²) in [5.74, 6) is 0. The SMILES string of the molecule is c1ccc(Sc2cnc3nc[nH]c3c2)cc1. The Balaban J connectivity index is 1.94. The first-order valence-electron chi connectivity index (χ1n) is 4.94. The number of benzene rings is 1. The molecule has 2 aromatic heterocycles. The molecule has 0 aliphatic rings. The molecule has 1 aromatic carbocycles. The quantitative estimate of drug-likeness (QED) is 0.731. The highest BCUT2D eigenvalue weighted by molar-refractivity contribution is 7.99. The predicted molar refractivity (Wildman–Crippen MR) is 64.5 cm³/mol. The van der Waals surface area contributed by atoms with Crippen molar-refractivity contribution in [3.8, 4) is 0 Å². The third-order valence-corrected chi connectivity index (χ3v) is 3.19. The number of fused-ring (bicyclic) bond motifs is 1. The summed E-state index contributed by atoms with van der Waals surface area (Å²) in [6.45, 7) is 0. The number of nitrogens with zero attached hydrogens (tertiary/aromatic N) is 2. The van der Waals surface area contributed by atoms with Crippen LogP contribution < -0.4 is 0 Å². The van der Waals surface area contributed by atoms with Gasteiger partial charge in [0, 0.05) is 16.0 Å². The monoisotopic (exact) mass is 227 g/mol. The summed E-state index contributed by atoms with van der Waals surface area (Å²) in [5, 5.41) is 0. The molecule has 0 amide bonds. The van der Waals surface area contributed by atoms with Gasteiger partial charge in [0.05, 0.1) is 11.8 Å². The van der Waals surface area contributed by atoms with Gasteiger partial charge in [-0.05, 0) is 18.2 Å². The Morgan fingerprint density at radius 1 is 1.00 bits per heavy atom. The van der Waals surface area contributed by atoms with Gasteiger partial charge in [-0.2, -0.15) is 0 Å². The second-order valence-corrected chi connectivity index (χ2v) is 4.51. The highest BCUT2D eigenvalue weighted by Crippen LogP contribution is 2.27. The Labute approximate surface area is 96.9 Å². The molecule has 0 bridgehead atoms. The van der Waals surface area contributed by atoms with Crippen LogP contribution in [0.25, 0.3) is 11.2 Å². The topological polar surface area (TPSA) is 41.6 Å². The van der Waals surface area contributed by atoms with E-state index in [9.17, 15) is 0 Å². The van der Waals surface area contributed by atoms with Crippen LogP contribution in [-0.4, -0.2) is 15.0 Å². The number of hydrogen-bond acceptors (Lipinski definition) is 3. The molecule has 0 saturated heterocycles. The summed E-state index contributed by atoms with van der Waals surface area (Å²) in [6.07, 6.45) is 3.51. The minimum atomic E-state index is 0.761. The average Bonchev–Trinajstić information content (AvgIpc) is 2.77. The minimum absolute atomic E-state index is 0.761. The van der Waals surface area contributed by atoms with Crippen LogP contribution in [-0.2, 0) is 0 Å². The molecule has 2 heterocycles. The third kappa shape index (κ3) is 1.79. The summed E-state index contributed by atoms with van der Waals surface area (Å²) in [4.78, 5) is 13.7. The molecular weight excluding hydrogens is 218 g/mol. The Bertz CT molecular complexity index is 604. The van der Waals surface area contributed by atoms with Crippen LogP contribution in [0.5, 0.6) is 0 Å². The van der Waals surface area contributed by atoms with Crippen molar-refractivity contribution in [2.45, 2.75) is 9.79 Å². The number of H-pyrrole nitrogens is 1. The van der Waals surface area contributed by atoms with Crippen LogP contribution in [0.3, 0.4) is 0 Å². The van der Waals surface area contributed by atoms with Gasteiger partial charge in [0.15, 0.2) is 5.65 Å². The van der Waals surface area contributed by atoms with Crippen LogP contribution >= 0.6 is 11.8 Å². The molecule has 3 aromatic rings. The van der Waals surface area contributed by atoms with Crippen molar-refractivity contribution in [1.82, 2.24) is 15.0 Å². The number of nitrogens with one attached hydrogen (secondary N) is 1. The van der Waals surface area contributed by atoms with E-state index in [1.807, 2.05) is 24.4 Å². The molecule has 3 rings (SSSR count). The molecule has 78 valence electrons. The molecule has 0 spiro atoms. The van der Waals surface area contributed by atoms with E-state index < -0.39 is 0 Å². The van der Waals surface area contributed by atoms with Gasteiger partial charge in [0.1, 0.15) is 0 Å². The fourth-order valence-corrected chi connectivity index (χ4v) is 2.34. The molecule has 0 fully saturated rings. The number of rotatable bonds is 2. The summed E-state index contributed by atoms with van der Waals surface area (Å²) in [6, 6.07) is 12.3. The van der Waals surface area contributed by atoms with Crippen LogP contribution in [0.4, 0.5) is 0 Å². The first-order chi connectivity index (χ1) is 7.92. The second-order valence-electron chi connectivity index (χ2n) is 3.36. The van der Waals surface area contributed by atoms with E-state index in [2.05, 4.69) is 33.2 Å². The van der Waals surface area contributed by atoms with Crippen molar-refractivity contribution in [1.29, 1.82) is 0 Å². The molecule has 0 unspecified atom stereocenters. The van der Waals surface area contributed by atoms with E-state index in [1.165, 1.54) is 4.90 Å². The lowest BCUT2D eigenvalue weighted by atomic mass is 10.4. The second kappa shape index (κ2) is 3.98. The van der Waals surface area contributed by atoms with Crippen molar-refractivity contribution < 1.29 is 0 Å². The molecular formula is C12H9N3S. The molecule has 0 atom stereocenters. The minimum Gasteiger partial charge on any atom is -0.343 e. The molecule has 1 N–H and O–H groups in total. The lowest BCUT2D eigenvalue weighted by molar-refractivity contribution is 1.26. The normalized spacial score (nSPS) is 10.8. The fraction of sp³-hybridized carbons (Fsp3) is 0. The predicted octanol–water partition coefficient (Wildman–Crippen LogP) is 3.11. The highest BCUT2D eigenvalue weighted by atomic mass is 32.2. The van der Waals surface area contributed by atoms with E-state index in [0.29, 0.717) is 0 Å². The van der Waals surface area contributed by atoms with Gasteiger partial charge in [-0.3, -0.25) is 0 Å². The molecule has 4 heteroatoms. The summed E-state index contributed by atoms with van der Waals surface area (Å²) < 4.78 is 0. The first-order valence-corrected chi connectivity index (χ1v) is 5.75. The van der Waals surface area contributed by atoms with Crippen molar-refractivity contribution in [3.63, 3.8) is 0 Å². The number of imidazole rings is 1. The van der Waals surface area contributed by atoms with Crippen molar-refractivity contribution in [2.24, 2.45) is 0 Å². The molecule has 16 heavy (non-hydrogen) atoms. The van der Waals surface area contributed by atoms with Gasteiger partial charge in [-0.1, -0.05) is 30.0 Å². The van der Waals surface area contributed by atoms with E-state index in [-0.39, 0.29) is 0 Å². The first kappa shape index (κ1) is 9.42. The lowest BCUT2D eigenvalue weighted by Gasteiger charge is -2.00. The zero-order valence-corrected chi connectivity index (χ0v) is 9.24. The maximum Gasteiger partial charge on any atom is 0.177 e. The smallest absolute Gasteiger partial charge is 0.177 e. The summed E-state index contributed by atoms with van der Waals surface area (Å²) >= 11 is 1.70. The molecule has 0 saturated carbocycles. The molecule has 3 nitrogen and oxygen atoms in total. The van der Waals surface area contributed by atoms with Crippen LogP contribution in [0.1, 0.15) is 0 Å². The van der Waals surface area contributed by atoms with Gasteiger partial charge in [-0.15, -0.1) is 0 Å². The Kier molecular flexibility index (Phi) is 2.34. The molecule has 0 aliphatic carbocycles. The maximum absolute atomic E-state index is 4.27. The van der Waals surface area contributed by atoms with E-state index in [4.69, 9.17) is 0 Å². The Morgan fingerprint density at radius 2 is 1.88 bits per heavy atom. The summed E-state index contributed by atoms with van der Waals surface area (Å²) in [7, 11) is 0. The fourth-order valence-electron chi connectivity index (χ4n) is 1.49. The zero-order valence-electron chi connectivity index (χ0n) is 8.42. The van der Waals surface area contributed by atoms with Gasteiger partial charge >= 0.3 is 0 Å². The van der Waals surface area contributed by atoms with Gasteiger partial charge in [-0.25, -0.2) is 9.97 Å². The Hall–Kier alpha value is -1.81. The van der Waals surface area contributed by atoms with Crippen molar-refractivity contribution in [3.05, 3.63) is 48.9 Å². The number of aromatic amines is 1. The number of hydrogen-bond donors (Lipinski definition) is 1. The van der Waals surface area contributed by atoms with E-state index in [1.54, 1.807) is 18.1 Å². The van der Waals surface area contributed by atoms with Gasteiger partial charge in [0.25, 0.3) is 0 Å². The van der Waals surface area contributed by atoms with Crippen LogP contribution in [0, 0.1) is 0 Å². The van der Waals surface area contributed by atoms with Gasteiger partial charge < -0.3 is 4.98 Å². The standard InChI is InChI=1S/C12H9N3S/c1-2-4-9(5-3-1)16-10-6-11-12(13-7-10)15-8-14-11/h1-8H,(H,13,14,15). The largest absolute Gasteiger partial charge is 0.343 e. The van der Waals surface area contributed by atoms with Crippen molar-refractivity contribution in [2.75, 3.05) is 0 Å². The van der Waals surface area contributed by atoms with Crippen LogP contribution in [0.15, 0.2) is 58.7 Å². The van der Waals surface area contributed by atoms with E-state index >= 15 is 0 Å². The van der Waals surface area contributed by atoms with Crippen LogP contribution in [0.2, 0.25) is 0 Å². The Morgan fingerprint density at radius 3 is 2.75 bits per heavy atom. The number of aromatic nitrogens is 3. The van der Waals surface area contributed by atoms with Crippen molar-refractivity contribution >= 4 is 22.9 Å². The third-order valence-electron chi connectivity index (χ3n) is 2.23. The average molecular weight is 227 g/mol. The maximum atomic E-state index is 4.27. The van der Waals surface area contributed by atoms with E-state index in [0.717, 1.165) is 16.1 Å². The highest BCUT2D eigenvalue weighted by Gasteiger charge is 2.01.